The Bertz CT molecular complexity index is 2240. The second-order valence-electron chi connectivity index (χ2n) is 13.8. The van der Waals surface area contributed by atoms with E-state index in [1.807, 2.05) is 32.9 Å². The average molecular weight is 692 g/mol. The van der Waals surface area contributed by atoms with Gasteiger partial charge in [-0.05, 0) is 78.7 Å². The van der Waals surface area contributed by atoms with Gasteiger partial charge in [0.2, 0.25) is 0 Å². The molecule has 1 fully saturated rings. The molecule has 262 valence electrons. The smallest absolute Gasteiger partial charge is 0.302 e. The Hall–Kier alpha value is -5.50. The minimum Gasteiger partial charge on any atom is -0.461 e. The van der Waals surface area contributed by atoms with Crippen LogP contribution in [0.5, 0.6) is 0 Å². The highest BCUT2D eigenvalue weighted by atomic mass is 19.1. The van der Waals surface area contributed by atoms with Crippen molar-refractivity contribution in [2.24, 2.45) is 7.05 Å². The van der Waals surface area contributed by atoms with Crippen LogP contribution in [0.15, 0.2) is 70.5 Å². The fourth-order valence-corrected chi connectivity index (χ4v) is 6.42. The van der Waals surface area contributed by atoms with Crippen LogP contribution in [0.1, 0.15) is 63.1 Å². The number of anilines is 2. The molecule has 0 spiro atoms. The molecule has 0 unspecified atom stereocenters. The van der Waals surface area contributed by atoms with Gasteiger partial charge in [0.05, 0.1) is 29.1 Å². The van der Waals surface area contributed by atoms with Crippen molar-refractivity contribution >= 4 is 41.8 Å². The number of rotatable bonds is 9. The number of aromatic nitrogens is 5. The number of piperidine rings is 1. The molecular formula is C37H39BFN7O5. The van der Waals surface area contributed by atoms with E-state index in [1.54, 1.807) is 36.5 Å². The molecule has 0 radical (unpaired) electrons. The van der Waals surface area contributed by atoms with Gasteiger partial charge in [0.1, 0.15) is 23.9 Å². The maximum atomic E-state index is 15.5. The van der Waals surface area contributed by atoms with Crippen molar-refractivity contribution in [2.45, 2.75) is 58.5 Å². The van der Waals surface area contributed by atoms with Crippen LogP contribution in [0.2, 0.25) is 0 Å². The minimum atomic E-state index is -0.677. The van der Waals surface area contributed by atoms with E-state index in [-0.39, 0.29) is 28.8 Å². The lowest BCUT2D eigenvalue weighted by molar-refractivity contribution is -0.142. The van der Waals surface area contributed by atoms with Crippen LogP contribution in [0, 0.1) is 5.82 Å². The molecule has 3 aromatic heterocycles. The van der Waals surface area contributed by atoms with Gasteiger partial charge in [0.15, 0.2) is 0 Å². The quantitative estimate of drug-likeness (QED) is 0.133. The van der Waals surface area contributed by atoms with Crippen molar-refractivity contribution in [3.8, 4) is 16.9 Å². The fraction of sp³-hybridized carbons (Fsp3) is 0.324. The van der Waals surface area contributed by atoms with Crippen molar-refractivity contribution < 1.29 is 18.7 Å². The molecule has 1 aliphatic rings. The predicted octanol–water partition coefficient (Wildman–Crippen LogP) is 4.51. The molecule has 12 nitrogen and oxygen atoms in total. The SMILES string of the molecule is CC(=O)OCc1c(-c2cc(Nc3ccc(C4CCN(BC=O)CC4)cn3)c(=O)n(C)n2)cccc1-n1ncc2cc(C(C)(C)C)cc(F)c2c1=O. The first-order valence-electron chi connectivity index (χ1n) is 16.8. The number of ether oxygens (including phenoxy) is 1. The van der Waals surface area contributed by atoms with Crippen molar-refractivity contribution in [1.82, 2.24) is 29.4 Å². The lowest BCUT2D eigenvalue weighted by Crippen LogP contribution is -2.36. The summed E-state index contributed by atoms with van der Waals surface area (Å²) in [5.74, 6) is -0.413. The summed E-state index contributed by atoms with van der Waals surface area (Å²) in [6, 6.07) is 13.6. The molecule has 4 heterocycles. The highest BCUT2D eigenvalue weighted by Gasteiger charge is 2.23. The molecule has 0 saturated carbocycles. The average Bonchev–Trinajstić information content (AvgIpc) is 3.09. The molecule has 1 saturated heterocycles. The van der Waals surface area contributed by atoms with Crippen LogP contribution in [-0.2, 0) is 33.4 Å². The van der Waals surface area contributed by atoms with Gasteiger partial charge < -0.3 is 19.7 Å². The number of hydrogen-bond donors (Lipinski definition) is 1. The van der Waals surface area contributed by atoms with Crippen molar-refractivity contribution in [3.05, 3.63) is 104 Å². The molecule has 51 heavy (non-hydrogen) atoms. The van der Waals surface area contributed by atoms with Crippen LogP contribution in [-0.4, -0.2) is 62.0 Å². The van der Waals surface area contributed by atoms with E-state index in [4.69, 9.17) is 4.74 Å². The lowest BCUT2D eigenvalue weighted by atomic mass is 9.84. The van der Waals surface area contributed by atoms with Gasteiger partial charge in [0, 0.05) is 36.7 Å². The first-order valence-corrected chi connectivity index (χ1v) is 16.8. The standard InChI is InChI=1S/C37H39BFN7O5/c1-22(48)51-20-28-27(7-6-8-32(28)46-36(50)34-25(19-41-46)15-26(16-29(34)39)37(2,3)4)30-17-31(35(49)44(5)43-30)42-33-10-9-24(18-40-33)23-11-13-45(14-12-23)38-21-47/h6-10,15-19,21,23,38H,11-14,20H2,1-5H3,(H,40,42). The van der Waals surface area contributed by atoms with E-state index >= 15 is 4.39 Å². The Kier molecular flexibility index (Phi) is 9.97. The molecule has 1 aliphatic heterocycles. The van der Waals surface area contributed by atoms with E-state index in [9.17, 15) is 19.2 Å². The second-order valence-corrected chi connectivity index (χ2v) is 13.8. The molecule has 0 amide bonds. The Morgan fingerprint density at radius 2 is 1.84 bits per heavy atom. The summed E-state index contributed by atoms with van der Waals surface area (Å²) in [6.45, 7) is 8.59. The number of nitrogens with zero attached hydrogens (tertiary/aromatic N) is 6. The zero-order valence-corrected chi connectivity index (χ0v) is 29.3. The van der Waals surface area contributed by atoms with E-state index in [0.717, 1.165) is 47.9 Å². The van der Waals surface area contributed by atoms with E-state index in [1.165, 1.54) is 30.9 Å². The van der Waals surface area contributed by atoms with Crippen LogP contribution >= 0.6 is 0 Å². The Balaban J connectivity index is 1.37. The minimum absolute atomic E-state index is 0.115. The number of esters is 1. The number of carbonyl (C=O) groups is 2. The zero-order chi connectivity index (χ0) is 36.4. The Labute approximate surface area is 294 Å². The molecular weight excluding hydrogens is 652 g/mol. The maximum absolute atomic E-state index is 15.5. The summed E-state index contributed by atoms with van der Waals surface area (Å²) in [5, 5.41) is 12.3. The predicted molar refractivity (Wildman–Crippen MR) is 195 cm³/mol. The van der Waals surface area contributed by atoms with Crippen LogP contribution in [0.4, 0.5) is 15.9 Å². The normalized spacial score (nSPS) is 14.0. The van der Waals surface area contributed by atoms with Crippen LogP contribution in [0.25, 0.3) is 27.7 Å². The maximum Gasteiger partial charge on any atom is 0.302 e. The van der Waals surface area contributed by atoms with Crippen molar-refractivity contribution in [3.63, 3.8) is 0 Å². The molecule has 0 atom stereocenters. The zero-order valence-electron chi connectivity index (χ0n) is 29.3. The lowest BCUT2D eigenvalue weighted by Gasteiger charge is -2.30. The van der Waals surface area contributed by atoms with E-state index in [2.05, 4.69) is 25.3 Å². The summed E-state index contributed by atoms with van der Waals surface area (Å²) in [5.41, 5.74) is 2.05. The largest absolute Gasteiger partial charge is 0.461 e. The summed E-state index contributed by atoms with van der Waals surface area (Å²) in [6.07, 6.45) is 6.04. The first-order chi connectivity index (χ1) is 24.3. The molecule has 5 aromatic rings. The molecule has 14 heteroatoms. The van der Waals surface area contributed by atoms with Gasteiger partial charge in [-0.2, -0.15) is 14.9 Å². The number of halogens is 1. The van der Waals surface area contributed by atoms with Crippen molar-refractivity contribution in [2.75, 3.05) is 18.4 Å². The summed E-state index contributed by atoms with van der Waals surface area (Å²) < 4.78 is 23.2. The Morgan fingerprint density at radius 1 is 1.08 bits per heavy atom. The van der Waals surface area contributed by atoms with Gasteiger partial charge in [-0.15, -0.1) is 0 Å². The molecule has 0 aliphatic carbocycles. The Morgan fingerprint density at radius 3 is 2.51 bits per heavy atom. The third-order valence-electron chi connectivity index (χ3n) is 9.28. The third kappa shape index (κ3) is 7.51. The van der Waals surface area contributed by atoms with Crippen LogP contribution in [0.3, 0.4) is 0 Å². The summed E-state index contributed by atoms with van der Waals surface area (Å²) in [7, 11) is 1.97. The van der Waals surface area contributed by atoms with Gasteiger partial charge in [-0.1, -0.05) is 39.0 Å². The number of nitrogens with one attached hydrogen (secondary N) is 1. The molecule has 6 rings (SSSR count). The number of benzene rings is 2. The highest BCUT2D eigenvalue weighted by Crippen LogP contribution is 2.31. The number of carbonyl (C=O) groups excluding carboxylic acids is 2. The van der Waals surface area contributed by atoms with Crippen LogP contribution < -0.4 is 16.4 Å². The molecule has 2 aromatic carbocycles. The fourth-order valence-electron chi connectivity index (χ4n) is 6.42. The van der Waals surface area contributed by atoms with E-state index < -0.39 is 22.9 Å². The molecule has 1 N–H and O–H groups in total. The topological polar surface area (TPSA) is 141 Å². The second kappa shape index (κ2) is 14.4. The third-order valence-corrected chi connectivity index (χ3v) is 9.28. The highest BCUT2D eigenvalue weighted by molar-refractivity contribution is 6.64. The van der Waals surface area contributed by atoms with Gasteiger partial charge >= 0.3 is 5.97 Å². The first kappa shape index (κ1) is 35.3. The van der Waals surface area contributed by atoms with E-state index in [0.29, 0.717) is 41.4 Å². The summed E-state index contributed by atoms with van der Waals surface area (Å²) in [4.78, 5) is 56.6. The van der Waals surface area contributed by atoms with Crippen molar-refractivity contribution in [1.29, 1.82) is 0 Å². The van der Waals surface area contributed by atoms with Gasteiger partial charge in [0.25, 0.3) is 18.5 Å². The van der Waals surface area contributed by atoms with Gasteiger partial charge in [-0.3, -0.25) is 14.4 Å². The molecule has 0 bridgehead atoms. The number of aryl methyl sites for hydroxylation is 1. The number of fused-ring (bicyclic) bond motifs is 1. The number of pyridine rings is 1. The summed E-state index contributed by atoms with van der Waals surface area (Å²) >= 11 is 0. The number of hydrogen-bond acceptors (Lipinski definition) is 10. The monoisotopic (exact) mass is 691 g/mol. The van der Waals surface area contributed by atoms with Gasteiger partial charge in [-0.25, -0.2) is 14.1 Å².